The van der Waals surface area contributed by atoms with Crippen LogP contribution in [0.25, 0.3) is 0 Å². The summed E-state index contributed by atoms with van der Waals surface area (Å²) >= 11 is 0. The summed E-state index contributed by atoms with van der Waals surface area (Å²) in [5.41, 5.74) is 2.01. The van der Waals surface area contributed by atoms with Gasteiger partial charge in [-0.2, -0.15) is 0 Å². The third-order valence-electron chi connectivity index (χ3n) is 6.60. The van der Waals surface area contributed by atoms with Gasteiger partial charge in [0.25, 0.3) is 0 Å². The summed E-state index contributed by atoms with van der Waals surface area (Å²) in [6, 6.07) is 8.92. The molecule has 1 aromatic carbocycles. The maximum atomic E-state index is 13.0. The first-order valence-corrected chi connectivity index (χ1v) is 10.8. The van der Waals surface area contributed by atoms with Crippen molar-refractivity contribution in [2.45, 2.75) is 70.4 Å². The molecule has 3 fully saturated rings. The molecule has 3 aliphatic rings. The first-order valence-electron chi connectivity index (χ1n) is 10.8. The van der Waals surface area contributed by atoms with E-state index in [1.54, 1.807) is 0 Å². The van der Waals surface area contributed by atoms with Crippen molar-refractivity contribution >= 4 is 11.7 Å². The molecule has 1 heterocycles. The molecule has 0 unspecified atom stereocenters. The molecule has 146 valence electrons. The van der Waals surface area contributed by atoms with E-state index in [0.717, 1.165) is 31.5 Å². The summed E-state index contributed by atoms with van der Waals surface area (Å²) in [6.07, 6.45) is 9.04. The van der Waals surface area contributed by atoms with Crippen molar-refractivity contribution in [3.05, 3.63) is 35.4 Å². The van der Waals surface area contributed by atoms with Crippen molar-refractivity contribution in [2.75, 3.05) is 19.6 Å². The number of carbonyl (C=O) groups excluding carboxylic acids is 2. The molecule has 4 nitrogen and oxygen atoms in total. The monoisotopic (exact) mass is 368 g/mol. The highest BCUT2D eigenvalue weighted by molar-refractivity contribution is 5.98. The topological polar surface area (TPSA) is 40.6 Å². The molecule has 0 spiro atoms. The molecular formula is C23H32N2O2. The van der Waals surface area contributed by atoms with E-state index in [0.29, 0.717) is 24.5 Å². The molecule has 4 heteroatoms. The molecule has 0 N–H and O–H groups in total. The van der Waals surface area contributed by atoms with Crippen LogP contribution in [0.5, 0.6) is 0 Å². The lowest BCUT2D eigenvalue weighted by atomic mass is 9.88. The van der Waals surface area contributed by atoms with Crippen LogP contribution in [0.3, 0.4) is 0 Å². The van der Waals surface area contributed by atoms with Gasteiger partial charge in [0.2, 0.25) is 5.91 Å². The number of likely N-dealkylation sites (tertiary alicyclic amines) is 1. The first-order chi connectivity index (χ1) is 13.1. The van der Waals surface area contributed by atoms with Gasteiger partial charge in [-0.05, 0) is 58.5 Å². The molecule has 1 aromatic rings. The number of rotatable bonds is 6. The van der Waals surface area contributed by atoms with Gasteiger partial charge in [0, 0.05) is 23.6 Å². The second kappa shape index (κ2) is 8.14. The summed E-state index contributed by atoms with van der Waals surface area (Å²) in [5, 5.41) is 0. The summed E-state index contributed by atoms with van der Waals surface area (Å²) in [6.45, 7) is 4.30. The van der Waals surface area contributed by atoms with Crippen LogP contribution >= 0.6 is 0 Å². The van der Waals surface area contributed by atoms with Gasteiger partial charge < -0.3 is 4.90 Å². The number of nitrogens with zero attached hydrogens (tertiary/aromatic N) is 2. The zero-order valence-corrected chi connectivity index (χ0v) is 16.5. The number of ketones is 1. The smallest absolute Gasteiger partial charge is 0.237 e. The zero-order chi connectivity index (χ0) is 18.8. The highest BCUT2D eigenvalue weighted by atomic mass is 16.2. The Kier molecular flexibility index (Phi) is 5.63. The average Bonchev–Trinajstić information content (AvgIpc) is 3.36. The second-order valence-corrected chi connectivity index (χ2v) is 8.75. The Balaban J connectivity index is 1.29. The molecule has 1 saturated heterocycles. The van der Waals surface area contributed by atoms with Gasteiger partial charge in [-0.1, -0.05) is 42.7 Å². The van der Waals surface area contributed by atoms with E-state index >= 15 is 0 Å². The van der Waals surface area contributed by atoms with Crippen LogP contribution in [0, 0.1) is 12.8 Å². The Bertz CT molecular complexity index is 666. The van der Waals surface area contributed by atoms with E-state index in [4.69, 9.17) is 0 Å². The van der Waals surface area contributed by atoms with Gasteiger partial charge in [0.1, 0.15) is 0 Å². The molecule has 1 aliphatic heterocycles. The fraction of sp³-hybridized carbons (Fsp3) is 0.652. The number of hydrogen-bond acceptors (Lipinski definition) is 3. The number of Topliss-reactive ketones (excluding diaryl/α,β-unsaturated/α-hetero) is 1. The van der Waals surface area contributed by atoms with Crippen LogP contribution in [0.1, 0.15) is 67.3 Å². The lowest BCUT2D eigenvalue weighted by Crippen LogP contribution is -2.48. The molecular weight excluding hydrogens is 336 g/mol. The highest BCUT2D eigenvalue weighted by Crippen LogP contribution is 2.34. The maximum absolute atomic E-state index is 13.0. The van der Waals surface area contributed by atoms with Crippen molar-refractivity contribution in [2.24, 2.45) is 5.92 Å². The summed E-state index contributed by atoms with van der Waals surface area (Å²) < 4.78 is 0. The quantitative estimate of drug-likeness (QED) is 0.717. The van der Waals surface area contributed by atoms with Gasteiger partial charge in [0.15, 0.2) is 5.78 Å². The lowest BCUT2D eigenvalue weighted by Gasteiger charge is -2.35. The van der Waals surface area contributed by atoms with Crippen molar-refractivity contribution in [3.63, 3.8) is 0 Å². The van der Waals surface area contributed by atoms with Crippen LogP contribution in [0.4, 0.5) is 0 Å². The van der Waals surface area contributed by atoms with Crippen LogP contribution in [0.15, 0.2) is 24.3 Å². The predicted octanol–water partition coefficient (Wildman–Crippen LogP) is 3.82. The zero-order valence-electron chi connectivity index (χ0n) is 16.5. The van der Waals surface area contributed by atoms with Crippen LogP contribution in [0.2, 0.25) is 0 Å². The minimum absolute atomic E-state index is 0.105. The second-order valence-electron chi connectivity index (χ2n) is 8.75. The van der Waals surface area contributed by atoms with Gasteiger partial charge in [-0.25, -0.2) is 0 Å². The number of aryl methyl sites for hydroxylation is 1. The molecule has 0 atom stereocenters. The van der Waals surface area contributed by atoms with Crippen LogP contribution in [-0.4, -0.2) is 53.2 Å². The number of carbonyl (C=O) groups is 2. The van der Waals surface area contributed by atoms with Crippen molar-refractivity contribution in [1.82, 2.24) is 9.80 Å². The third-order valence-corrected chi connectivity index (χ3v) is 6.60. The number of hydrogen-bond donors (Lipinski definition) is 0. The van der Waals surface area contributed by atoms with E-state index in [2.05, 4.69) is 9.80 Å². The number of benzene rings is 1. The fourth-order valence-corrected chi connectivity index (χ4v) is 4.82. The summed E-state index contributed by atoms with van der Waals surface area (Å²) in [4.78, 5) is 30.2. The van der Waals surface area contributed by atoms with Crippen LogP contribution < -0.4 is 0 Å². The Morgan fingerprint density at radius 1 is 0.926 bits per heavy atom. The molecule has 0 bridgehead atoms. The molecule has 0 radical (unpaired) electrons. The molecule has 0 aromatic heterocycles. The number of piperidine rings is 1. The standard InChI is InChI=1S/C23H32N2O2/c1-17-6-8-18(9-7-17)23(27)19-12-14-24(15-13-19)16-22(26)25(21-10-11-21)20-4-2-3-5-20/h6-9,19-21H,2-5,10-16H2,1H3. The minimum atomic E-state index is 0.105. The van der Waals surface area contributed by atoms with Crippen LogP contribution in [-0.2, 0) is 4.79 Å². The molecule has 27 heavy (non-hydrogen) atoms. The summed E-state index contributed by atoms with van der Waals surface area (Å²) in [5.74, 6) is 0.702. The molecule has 4 rings (SSSR count). The van der Waals surface area contributed by atoms with Crippen molar-refractivity contribution in [3.8, 4) is 0 Å². The molecule has 2 saturated carbocycles. The van der Waals surface area contributed by atoms with Gasteiger partial charge >= 0.3 is 0 Å². The van der Waals surface area contributed by atoms with Crippen molar-refractivity contribution < 1.29 is 9.59 Å². The van der Waals surface area contributed by atoms with Crippen molar-refractivity contribution in [1.29, 1.82) is 0 Å². The Morgan fingerprint density at radius 3 is 2.11 bits per heavy atom. The third kappa shape index (κ3) is 4.43. The van der Waals surface area contributed by atoms with E-state index in [1.807, 2.05) is 31.2 Å². The van der Waals surface area contributed by atoms with E-state index in [-0.39, 0.29) is 11.7 Å². The first kappa shape index (κ1) is 18.7. The number of amides is 1. The van der Waals surface area contributed by atoms with E-state index < -0.39 is 0 Å². The summed E-state index contributed by atoms with van der Waals surface area (Å²) in [7, 11) is 0. The lowest BCUT2D eigenvalue weighted by molar-refractivity contribution is -0.135. The van der Waals surface area contributed by atoms with E-state index in [1.165, 1.54) is 44.1 Å². The predicted molar refractivity (Wildman–Crippen MR) is 107 cm³/mol. The normalized spacial score (nSPS) is 22.1. The Labute approximate surface area is 162 Å². The Hall–Kier alpha value is -1.68. The average molecular weight is 369 g/mol. The molecule has 1 amide bonds. The highest BCUT2D eigenvalue weighted by Gasteiger charge is 2.39. The molecule has 2 aliphatic carbocycles. The van der Waals surface area contributed by atoms with E-state index in [9.17, 15) is 9.59 Å². The van der Waals surface area contributed by atoms with Gasteiger partial charge in [-0.15, -0.1) is 0 Å². The Morgan fingerprint density at radius 2 is 1.52 bits per heavy atom. The SMILES string of the molecule is Cc1ccc(C(=O)C2CCN(CC(=O)N(C3CCCC3)C3CC3)CC2)cc1. The van der Waals surface area contributed by atoms with Gasteiger partial charge in [-0.3, -0.25) is 14.5 Å². The fourth-order valence-electron chi connectivity index (χ4n) is 4.82. The largest absolute Gasteiger partial charge is 0.336 e. The maximum Gasteiger partial charge on any atom is 0.237 e. The van der Waals surface area contributed by atoms with Gasteiger partial charge in [0.05, 0.1) is 6.54 Å². The minimum Gasteiger partial charge on any atom is -0.336 e.